The monoisotopic (exact) mass is 324 g/mol. The molecule has 0 saturated carbocycles. The van der Waals surface area contributed by atoms with Gasteiger partial charge in [0, 0.05) is 32.7 Å². The molecule has 2 aliphatic rings. The van der Waals surface area contributed by atoms with Crippen molar-refractivity contribution in [3.05, 3.63) is 5.01 Å². The van der Waals surface area contributed by atoms with Crippen molar-refractivity contribution in [2.45, 2.75) is 12.5 Å². The molecule has 0 aliphatic carbocycles. The molecule has 118 valence electrons. The van der Waals surface area contributed by atoms with Gasteiger partial charge in [-0.3, -0.25) is 4.90 Å². The first kappa shape index (κ1) is 14.9. The van der Waals surface area contributed by atoms with Gasteiger partial charge in [-0.1, -0.05) is 11.3 Å². The van der Waals surface area contributed by atoms with Gasteiger partial charge in [0.1, 0.15) is 0 Å². The number of alkyl halides is 3. The summed E-state index contributed by atoms with van der Waals surface area (Å²) in [5, 5.41) is 6.29. The molecule has 0 radical (unpaired) electrons. The third-order valence-corrected chi connectivity index (χ3v) is 4.43. The van der Waals surface area contributed by atoms with Crippen LogP contribution in [0.2, 0.25) is 0 Å². The van der Waals surface area contributed by atoms with E-state index in [9.17, 15) is 13.2 Å². The molecule has 2 aliphatic heterocycles. The lowest BCUT2D eigenvalue weighted by molar-refractivity contribution is -0.138. The molecule has 0 spiro atoms. The molecule has 3 heterocycles. The Bertz CT molecular complexity index is 470. The second kappa shape index (κ2) is 6.03. The van der Waals surface area contributed by atoms with Gasteiger partial charge in [0.2, 0.25) is 10.1 Å². The van der Waals surface area contributed by atoms with Crippen molar-refractivity contribution in [3.63, 3.8) is 0 Å². The summed E-state index contributed by atoms with van der Waals surface area (Å²) in [6.07, 6.45) is -4.61. The van der Waals surface area contributed by atoms with E-state index in [1.54, 1.807) is 0 Å². The van der Waals surface area contributed by atoms with Gasteiger partial charge in [0.05, 0.1) is 13.2 Å². The molecule has 2 saturated heterocycles. The average Bonchev–Trinajstić information content (AvgIpc) is 3.09. The highest BCUT2D eigenvalue weighted by molar-refractivity contribution is 7.15. The molecule has 21 heavy (non-hydrogen) atoms. The molecule has 0 bridgehead atoms. The minimum absolute atomic E-state index is 0.185. The van der Waals surface area contributed by atoms with E-state index in [0.717, 1.165) is 13.1 Å². The molecule has 2 fully saturated rings. The summed E-state index contributed by atoms with van der Waals surface area (Å²) >= 11 is 0.591. The largest absolute Gasteiger partial charge is 0.445 e. The summed E-state index contributed by atoms with van der Waals surface area (Å²) in [6, 6.07) is 0. The van der Waals surface area contributed by atoms with Crippen LogP contribution in [0.1, 0.15) is 5.01 Å². The van der Waals surface area contributed by atoms with Crippen LogP contribution in [0.4, 0.5) is 18.3 Å². The Morgan fingerprint density at radius 2 is 1.76 bits per heavy atom. The van der Waals surface area contributed by atoms with Gasteiger partial charge >= 0.3 is 6.18 Å². The molecule has 1 aromatic heterocycles. The Morgan fingerprint density at radius 3 is 2.33 bits per heavy atom. The zero-order chi connectivity index (χ0) is 14.9. The van der Waals surface area contributed by atoms with Gasteiger partial charge in [-0.15, -0.1) is 10.2 Å². The first-order valence-corrected chi connectivity index (χ1v) is 7.45. The average molecular weight is 324 g/mol. The zero-order valence-electron chi connectivity index (χ0n) is 11.2. The normalized spacial score (nSPS) is 22.1. The van der Waals surface area contributed by atoms with Crippen molar-refractivity contribution in [2.24, 2.45) is 0 Å². The number of halogens is 3. The first-order chi connectivity index (χ1) is 10.0. The molecule has 1 aromatic rings. The number of nitrogens with zero attached hydrogens (tertiary/aromatic N) is 4. The van der Waals surface area contributed by atoms with E-state index in [0.29, 0.717) is 49.3 Å². The van der Waals surface area contributed by atoms with Gasteiger partial charge in [-0.25, -0.2) is 0 Å². The molecule has 0 amide bonds. The highest BCUT2D eigenvalue weighted by Gasteiger charge is 2.36. The SMILES string of the molecule is FC(F)(F)c1nnc(N2CCN(CC3OCCO3)CC2)s1. The Labute approximate surface area is 123 Å². The molecular formula is C11H15F3N4O2S. The standard InChI is InChI=1S/C11H15F3N4O2S/c12-11(13,14)9-15-16-10(21-9)18-3-1-17(2-4-18)7-8-19-5-6-20-8/h8H,1-7H2. The second-order valence-corrected chi connectivity index (χ2v) is 5.80. The minimum atomic E-state index is -4.42. The van der Waals surface area contributed by atoms with Crippen LogP contribution in [0.25, 0.3) is 0 Å². The molecule has 0 unspecified atom stereocenters. The van der Waals surface area contributed by atoms with Gasteiger partial charge in [0.25, 0.3) is 0 Å². The third kappa shape index (κ3) is 3.62. The summed E-state index contributed by atoms with van der Waals surface area (Å²) < 4.78 is 48.3. The molecule has 0 aromatic carbocycles. The summed E-state index contributed by atoms with van der Waals surface area (Å²) in [5.74, 6) is 0. The number of ether oxygens (including phenoxy) is 2. The van der Waals surface area contributed by atoms with Crippen molar-refractivity contribution < 1.29 is 22.6 Å². The predicted octanol–water partition coefficient (Wildman–Crippen LogP) is 1.05. The van der Waals surface area contributed by atoms with E-state index < -0.39 is 11.2 Å². The van der Waals surface area contributed by atoms with Crippen LogP contribution in [-0.2, 0) is 15.7 Å². The summed E-state index contributed by atoms with van der Waals surface area (Å²) in [4.78, 5) is 4.01. The lowest BCUT2D eigenvalue weighted by atomic mass is 10.3. The van der Waals surface area contributed by atoms with E-state index in [1.807, 2.05) is 4.90 Å². The van der Waals surface area contributed by atoms with Crippen molar-refractivity contribution in [3.8, 4) is 0 Å². The van der Waals surface area contributed by atoms with Crippen molar-refractivity contribution in [1.82, 2.24) is 15.1 Å². The summed E-state index contributed by atoms with van der Waals surface area (Å²) in [7, 11) is 0. The Kier molecular flexibility index (Phi) is 4.29. The van der Waals surface area contributed by atoms with Crippen LogP contribution < -0.4 is 4.90 Å². The smallest absolute Gasteiger partial charge is 0.349 e. The Morgan fingerprint density at radius 1 is 1.10 bits per heavy atom. The fourth-order valence-corrected chi connectivity index (χ4v) is 3.07. The van der Waals surface area contributed by atoms with Crippen LogP contribution >= 0.6 is 11.3 Å². The van der Waals surface area contributed by atoms with E-state index in [1.165, 1.54) is 0 Å². The van der Waals surface area contributed by atoms with Crippen LogP contribution in [0, 0.1) is 0 Å². The number of hydrogen-bond donors (Lipinski definition) is 0. The zero-order valence-corrected chi connectivity index (χ0v) is 12.0. The van der Waals surface area contributed by atoms with E-state index in [4.69, 9.17) is 9.47 Å². The van der Waals surface area contributed by atoms with Crippen LogP contribution in [-0.4, -0.2) is 67.3 Å². The van der Waals surface area contributed by atoms with Crippen molar-refractivity contribution in [2.75, 3.05) is 50.8 Å². The maximum absolute atomic E-state index is 12.5. The molecule has 3 rings (SSSR count). The summed E-state index contributed by atoms with van der Waals surface area (Å²) in [5.41, 5.74) is 0. The highest BCUT2D eigenvalue weighted by atomic mass is 32.1. The first-order valence-electron chi connectivity index (χ1n) is 6.63. The van der Waals surface area contributed by atoms with Gasteiger partial charge < -0.3 is 14.4 Å². The Hall–Kier alpha value is -0.970. The number of hydrogen-bond acceptors (Lipinski definition) is 7. The fraction of sp³-hybridized carbons (Fsp3) is 0.818. The van der Waals surface area contributed by atoms with Crippen molar-refractivity contribution >= 4 is 16.5 Å². The molecule has 0 atom stereocenters. The molecule has 6 nitrogen and oxygen atoms in total. The lowest BCUT2D eigenvalue weighted by Gasteiger charge is -2.34. The second-order valence-electron chi connectivity index (χ2n) is 4.85. The summed E-state index contributed by atoms with van der Waals surface area (Å²) in [6.45, 7) is 4.66. The highest BCUT2D eigenvalue weighted by Crippen LogP contribution is 2.34. The quantitative estimate of drug-likeness (QED) is 0.828. The lowest BCUT2D eigenvalue weighted by Crippen LogP contribution is -2.48. The number of anilines is 1. The van der Waals surface area contributed by atoms with Crippen LogP contribution in [0.5, 0.6) is 0 Å². The maximum Gasteiger partial charge on any atom is 0.445 e. The van der Waals surface area contributed by atoms with Crippen molar-refractivity contribution in [1.29, 1.82) is 0 Å². The maximum atomic E-state index is 12.5. The molecule has 0 N–H and O–H groups in total. The Balaban J connectivity index is 1.52. The fourth-order valence-electron chi connectivity index (χ4n) is 2.30. The van der Waals surface area contributed by atoms with Gasteiger partial charge in [-0.05, 0) is 0 Å². The predicted molar refractivity (Wildman–Crippen MR) is 69.3 cm³/mol. The molecule has 10 heteroatoms. The topological polar surface area (TPSA) is 50.7 Å². The van der Waals surface area contributed by atoms with Gasteiger partial charge in [-0.2, -0.15) is 13.2 Å². The van der Waals surface area contributed by atoms with Gasteiger partial charge in [0.15, 0.2) is 6.29 Å². The van der Waals surface area contributed by atoms with E-state index >= 15 is 0 Å². The van der Waals surface area contributed by atoms with Crippen LogP contribution in [0.3, 0.4) is 0 Å². The third-order valence-electron chi connectivity index (χ3n) is 3.40. The van der Waals surface area contributed by atoms with E-state index in [2.05, 4.69) is 15.1 Å². The minimum Gasteiger partial charge on any atom is -0.349 e. The van der Waals surface area contributed by atoms with E-state index in [-0.39, 0.29) is 6.29 Å². The molecular weight excluding hydrogens is 309 g/mol. The van der Waals surface area contributed by atoms with Crippen LogP contribution in [0.15, 0.2) is 0 Å². The number of piperazine rings is 1. The number of rotatable bonds is 3. The number of aromatic nitrogens is 2.